The molecule has 1 N–H and O–H groups in total. The number of furan rings is 1. The van der Waals surface area contributed by atoms with E-state index in [1.165, 1.54) is 0 Å². The third kappa shape index (κ3) is 1.81. The molecule has 0 amide bonds. The van der Waals surface area contributed by atoms with Crippen LogP contribution in [0.5, 0.6) is 0 Å². The number of hydrogen-bond acceptors (Lipinski definition) is 2. The van der Waals surface area contributed by atoms with Crippen molar-refractivity contribution in [2.75, 3.05) is 7.05 Å². The molecule has 2 nitrogen and oxygen atoms in total. The molecule has 0 saturated heterocycles. The number of fused-ring (bicyclic) bond motifs is 1. The van der Waals surface area contributed by atoms with Crippen LogP contribution in [-0.2, 0) is 5.13 Å². The van der Waals surface area contributed by atoms with Gasteiger partial charge in [0.15, 0.2) is 0 Å². The standard InChI is InChI=1S/C12H13ClFNO/c1-8(15-2)12(13,14)10-3-4-11-9(7-10)5-6-16-11/h3-8,15H,1-2H3. The molecule has 0 saturated carbocycles. The molecule has 0 radical (unpaired) electrons. The Labute approximate surface area is 98.4 Å². The zero-order valence-electron chi connectivity index (χ0n) is 9.13. The van der Waals surface area contributed by atoms with Crippen LogP contribution in [0.25, 0.3) is 11.0 Å². The molecule has 1 heterocycles. The predicted molar refractivity (Wildman–Crippen MR) is 63.4 cm³/mol. The Kier molecular flexibility index (Phi) is 2.91. The molecule has 0 bridgehead atoms. The maximum Gasteiger partial charge on any atom is 0.223 e. The van der Waals surface area contributed by atoms with Crippen LogP contribution in [0, 0.1) is 0 Å². The highest BCUT2D eigenvalue weighted by molar-refractivity contribution is 6.23. The van der Waals surface area contributed by atoms with Crippen molar-refractivity contribution in [1.82, 2.24) is 5.32 Å². The first-order chi connectivity index (χ1) is 7.55. The summed E-state index contributed by atoms with van der Waals surface area (Å²) in [5, 5.41) is 1.75. The number of benzene rings is 1. The van der Waals surface area contributed by atoms with E-state index >= 15 is 0 Å². The van der Waals surface area contributed by atoms with E-state index < -0.39 is 11.2 Å². The van der Waals surface area contributed by atoms with Crippen LogP contribution in [0.3, 0.4) is 0 Å². The van der Waals surface area contributed by atoms with Gasteiger partial charge in [-0.05, 0) is 32.2 Å². The lowest BCUT2D eigenvalue weighted by Crippen LogP contribution is -2.37. The molecular weight excluding hydrogens is 229 g/mol. The Bertz CT molecular complexity index is 494. The van der Waals surface area contributed by atoms with Gasteiger partial charge in [-0.15, -0.1) is 0 Å². The van der Waals surface area contributed by atoms with E-state index in [0.717, 1.165) is 11.0 Å². The normalized spacial score (nSPS) is 17.2. The smallest absolute Gasteiger partial charge is 0.223 e. The molecule has 1 aromatic heterocycles. The Balaban J connectivity index is 2.45. The minimum atomic E-state index is -1.92. The van der Waals surface area contributed by atoms with Crippen LogP contribution in [0.15, 0.2) is 34.9 Å². The Morgan fingerprint density at radius 2 is 2.19 bits per heavy atom. The van der Waals surface area contributed by atoms with Crippen molar-refractivity contribution in [2.45, 2.75) is 18.1 Å². The van der Waals surface area contributed by atoms with Gasteiger partial charge in [-0.25, -0.2) is 4.39 Å². The summed E-state index contributed by atoms with van der Waals surface area (Å²) in [4.78, 5) is 0. The molecule has 0 aliphatic carbocycles. The van der Waals surface area contributed by atoms with E-state index in [0.29, 0.717) is 5.56 Å². The van der Waals surface area contributed by atoms with Crippen molar-refractivity contribution in [3.8, 4) is 0 Å². The van der Waals surface area contributed by atoms with Crippen molar-refractivity contribution >= 4 is 22.6 Å². The number of rotatable bonds is 3. The van der Waals surface area contributed by atoms with Gasteiger partial charge in [0.25, 0.3) is 0 Å². The summed E-state index contributed by atoms with van der Waals surface area (Å²) in [5.74, 6) is 0. The molecule has 2 atom stereocenters. The predicted octanol–water partition coefficient (Wildman–Crippen LogP) is 3.40. The second-order valence-corrected chi connectivity index (χ2v) is 4.36. The van der Waals surface area contributed by atoms with Gasteiger partial charge in [0.1, 0.15) is 5.58 Å². The summed E-state index contributed by atoms with van der Waals surface area (Å²) in [7, 11) is 1.68. The first-order valence-corrected chi connectivity index (χ1v) is 5.46. The molecule has 0 fully saturated rings. The number of likely N-dealkylation sites (N-methyl/N-ethyl adjacent to an activating group) is 1. The summed E-state index contributed by atoms with van der Waals surface area (Å²) in [6.45, 7) is 1.70. The average Bonchev–Trinajstić information content (AvgIpc) is 2.74. The van der Waals surface area contributed by atoms with Gasteiger partial charge >= 0.3 is 0 Å². The van der Waals surface area contributed by atoms with Gasteiger partial charge in [0.05, 0.1) is 12.3 Å². The van der Waals surface area contributed by atoms with Gasteiger partial charge in [-0.1, -0.05) is 17.7 Å². The van der Waals surface area contributed by atoms with Crippen LogP contribution in [0.1, 0.15) is 12.5 Å². The zero-order valence-corrected chi connectivity index (χ0v) is 9.88. The molecule has 2 rings (SSSR count). The number of hydrogen-bond donors (Lipinski definition) is 1. The molecule has 16 heavy (non-hydrogen) atoms. The van der Waals surface area contributed by atoms with Crippen LogP contribution >= 0.6 is 11.6 Å². The SMILES string of the molecule is CNC(C)C(F)(Cl)c1ccc2occc2c1. The van der Waals surface area contributed by atoms with Gasteiger partial charge in [0.2, 0.25) is 5.13 Å². The lowest BCUT2D eigenvalue weighted by atomic mass is 10.0. The molecule has 0 spiro atoms. The van der Waals surface area contributed by atoms with Crippen molar-refractivity contribution in [3.05, 3.63) is 36.1 Å². The summed E-state index contributed by atoms with van der Waals surface area (Å²) >= 11 is 5.92. The van der Waals surface area contributed by atoms with E-state index in [9.17, 15) is 4.39 Å². The van der Waals surface area contributed by atoms with E-state index in [-0.39, 0.29) is 0 Å². The van der Waals surface area contributed by atoms with E-state index in [2.05, 4.69) is 5.32 Å². The van der Waals surface area contributed by atoms with Gasteiger partial charge in [-0.3, -0.25) is 0 Å². The molecule has 0 aliphatic rings. The van der Waals surface area contributed by atoms with Crippen LogP contribution in [0.4, 0.5) is 4.39 Å². The molecule has 0 aliphatic heterocycles. The lowest BCUT2D eigenvalue weighted by molar-refractivity contribution is 0.221. The summed E-state index contributed by atoms with van der Waals surface area (Å²) in [5.41, 5.74) is 1.17. The number of nitrogens with one attached hydrogen (secondary N) is 1. The monoisotopic (exact) mass is 241 g/mol. The highest BCUT2D eigenvalue weighted by Gasteiger charge is 2.35. The van der Waals surface area contributed by atoms with E-state index in [4.69, 9.17) is 16.0 Å². The second kappa shape index (κ2) is 4.07. The van der Waals surface area contributed by atoms with Crippen molar-refractivity contribution in [2.24, 2.45) is 0 Å². The topological polar surface area (TPSA) is 25.2 Å². The quantitative estimate of drug-likeness (QED) is 0.834. The zero-order chi connectivity index (χ0) is 11.8. The Morgan fingerprint density at radius 3 is 2.88 bits per heavy atom. The van der Waals surface area contributed by atoms with Crippen molar-refractivity contribution in [3.63, 3.8) is 0 Å². The summed E-state index contributed by atoms with van der Waals surface area (Å²) in [6.07, 6.45) is 1.57. The third-order valence-corrected chi connectivity index (χ3v) is 3.36. The molecular formula is C12H13ClFNO. The molecule has 4 heteroatoms. The number of halogens is 2. The minimum Gasteiger partial charge on any atom is -0.464 e. The van der Waals surface area contributed by atoms with Crippen molar-refractivity contribution in [1.29, 1.82) is 0 Å². The highest BCUT2D eigenvalue weighted by Crippen LogP contribution is 2.36. The third-order valence-electron chi connectivity index (χ3n) is 2.81. The largest absolute Gasteiger partial charge is 0.464 e. The number of alkyl halides is 2. The maximum absolute atomic E-state index is 14.3. The maximum atomic E-state index is 14.3. The molecule has 2 unspecified atom stereocenters. The molecule has 86 valence electrons. The Morgan fingerprint density at radius 1 is 1.44 bits per heavy atom. The van der Waals surface area contributed by atoms with Crippen molar-refractivity contribution < 1.29 is 8.81 Å². The second-order valence-electron chi connectivity index (χ2n) is 3.81. The lowest BCUT2D eigenvalue weighted by Gasteiger charge is -2.25. The van der Waals surface area contributed by atoms with Gasteiger partial charge in [0, 0.05) is 10.9 Å². The molecule has 2 aromatic rings. The fraction of sp³-hybridized carbons (Fsp3) is 0.333. The summed E-state index contributed by atoms with van der Waals surface area (Å²) < 4.78 is 19.5. The molecule has 1 aromatic carbocycles. The fourth-order valence-electron chi connectivity index (χ4n) is 1.61. The van der Waals surface area contributed by atoms with Gasteiger partial charge in [-0.2, -0.15) is 0 Å². The summed E-state index contributed by atoms with van der Waals surface area (Å²) in [6, 6.07) is 6.39. The van der Waals surface area contributed by atoms with Crippen LogP contribution in [0.2, 0.25) is 0 Å². The Hall–Kier alpha value is -1.06. The van der Waals surface area contributed by atoms with Gasteiger partial charge < -0.3 is 9.73 Å². The first-order valence-electron chi connectivity index (χ1n) is 5.08. The van der Waals surface area contributed by atoms with Crippen LogP contribution < -0.4 is 5.32 Å². The van der Waals surface area contributed by atoms with E-state index in [1.54, 1.807) is 44.5 Å². The first kappa shape index (κ1) is 11.4. The fourth-order valence-corrected chi connectivity index (χ4v) is 1.83. The average molecular weight is 242 g/mol. The van der Waals surface area contributed by atoms with E-state index in [1.807, 2.05) is 0 Å². The minimum absolute atomic E-state index is 0.435. The van der Waals surface area contributed by atoms with Crippen LogP contribution in [-0.4, -0.2) is 13.1 Å². The highest BCUT2D eigenvalue weighted by atomic mass is 35.5.